The van der Waals surface area contributed by atoms with Gasteiger partial charge in [-0.2, -0.15) is 8.78 Å². The third-order valence-corrected chi connectivity index (χ3v) is 3.98. The maximum Gasteiger partial charge on any atom is 0.387 e. The van der Waals surface area contributed by atoms with Gasteiger partial charge >= 0.3 is 6.61 Å². The summed E-state index contributed by atoms with van der Waals surface area (Å²) in [5.41, 5.74) is 0.703. The fourth-order valence-corrected chi connectivity index (χ4v) is 2.71. The number of benzene rings is 2. The zero-order chi connectivity index (χ0) is 22.3. The van der Waals surface area contributed by atoms with Gasteiger partial charge in [0.05, 0.1) is 31.4 Å². The maximum atomic E-state index is 12.4. The number of nitro groups is 1. The van der Waals surface area contributed by atoms with E-state index in [4.69, 9.17) is 9.47 Å². The number of methoxy groups -OCH3 is 2. The number of carbonyl (C=O) groups is 1. The summed E-state index contributed by atoms with van der Waals surface area (Å²) < 4.78 is 39.4. The van der Waals surface area contributed by atoms with Crippen molar-refractivity contribution in [2.45, 2.75) is 13.2 Å². The Labute approximate surface area is 171 Å². The average Bonchev–Trinajstić information content (AvgIpc) is 2.68. The molecular weight excluding hydrogens is 404 g/mol. The molecule has 0 aliphatic heterocycles. The van der Waals surface area contributed by atoms with Gasteiger partial charge in [-0.05, 0) is 30.8 Å². The molecule has 11 heteroatoms. The van der Waals surface area contributed by atoms with E-state index in [1.807, 2.05) is 0 Å². The van der Waals surface area contributed by atoms with E-state index in [1.54, 1.807) is 18.0 Å². The molecule has 0 saturated heterocycles. The van der Waals surface area contributed by atoms with Crippen molar-refractivity contribution in [3.05, 3.63) is 52.1 Å². The molecule has 0 heterocycles. The number of non-ortho nitro benzene ring substituents is 1. The maximum absolute atomic E-state index is 12.4. The number of nitrogens with one attached hydrogen (secondary N) is 1. The Morgan fingerprint density at radius 1 is 1.13 bits per heavy atom. The zero-order valence-electron chi connectivity index (χ0n) is 16.6. The summed E-state index contributed by atoms with van der Waals surface area (Å²) in [6, 6.07) is 8.36. The molecule has 0 unspecified atom stereocenters. The van der Waals surface area contributed by atoms with Crippen LogP contribution in [0, 0.1) is 10.1 Å². The minimum atomic E-state index is -2.97. The lowest BCUT2D eigenvalue weighted by Gasteiger charge is -2.18. The second-order valence-electron chi connectivity index (χ2n) is 6.23. The Morgan fingerprint density at radius 2 is 1.80 bits per heavy atom. The first kappa shape index (κ1) is 22.8. The Hall–Kier alpha value is -3.47. The van der Waals surface area contributed by atoms with Crippen LogP contribution in [0.5, 0.6) is 17.2 Å². The van der Waals surface area contributed by atoms with E-state index in [0.717, 1.165) is 0 Å². The Kier molecular flexibility index (Phi) is 7.87. The zero-order valence-corrected chi connectivity index (χ0v) is 16.6. The van der Waals surface area contributed by atoms with E-state index >= 15 is 0 Å². The molecule has 1 amide bonds. The van der Waals surface area contributed by atoms with Crippen LogP contribution in [0.25, 0.3) is 0 Å². The van der Waals surface area contributed by atoms with E-state index < -0.39 is 17.4 Å². The van der Waals surface area contributed by atoms with Gasteiger partial charge in [0, 0.05) is 18.7 Å². The molecule has 0 aromatic heterocycles. The molecule has 0 atom stereocenters. The molecule has 2 aromatic carbocycles. The van der Waals surface area contributed by atoms with Crippen molar-refractivity contribution in [1.82, 2.24) is 4.90 Å². The lowest BCUT2D eigenvalue weighted by molar-refractivity contribution is -0.384. The lowest BCUT2D eigenvalue weighted by Crippen LogP contribution is -2.30. The fraction of sp³-hybridized carbons (Fsp3) is 0.316. The summed E-state index contributed by atoms with van der Waals surface area (Å²) in [6.07, 6.45) is 0. The largest absolute Gasteiger partial charge is 0.495 e. The van der Waals surface area contributed by atoms with Crippen molar-refractivity contribution in [3.63, 3.8) is 0 Å². The SMILES string of the molecule is COc1ccc([N+](=O)[O-])cc1NC(=O)CN(C)Cc1ccc(OC(F)F)c(OC)c1. The number of rotatable bonds is 10. The summed E-state index contributed by atoms with van der Waals surface area (Å²) in [4.78, 5) is 24.4. The molecule has 9 nitrogen and oxygen atoms in total. The highest BCUT2D eigenvalue weighted by atomic mass is 19.3. The molecule has 0 bridgehead atoms. The van der Waals surface area contributed by atoms with Crippen LogP contribution in [0.3, 0.4) is 0 Å². The number of ether oxygens (including phenoxy) is 3. The Bertz CT molecular complexity index is 910. The molecule has 0 aliphatic rings. The molecule has 0 saturated carbocycles. The van der Waals surface area contributed by atoms with Crippen LogP contribution in [-0.4, -0.2) is 50.2 Å². The van der Waals surface area contributed by atoms with Crippen LogP contribution in [0.2, 0.25) is 0 Å². The highest BCUT2D eigenvalue weighted by Gasteiger charge is 2.16. The Morgan fingerprint density at radius 3 is 2.40 bits per heavy atom. The van der Waals surface area contributed by atoms with Crippen LogP contribution in [0.4, 0.5) is 20.2 Å². The second-order valence-corrected chi connectivity index (χ2v) is 6.23. The number of hydrogen-bond acceptors (Lipinski definition) is 7. The van der Waals surface area contributed by atoms with Gasteiger partial charge in [0.1, 0.15) is 5.75 Å². The van der Waals surface area contributed by atoms with Crippen LogP contribution in [-0.2, 0) is 11.3 Å². The molecule has 2 aromatic rings. The molecule has 0 aliphatic carbocycles. The van der Waals surface area contributed by atoms with E-state index in [-0.39, 0.29) is 35.2 Å². The number of anilines is 1. The quantitative estimate of drug-likeness (QED) is 0.460. The third-order valence-electron chi connectivity index (χ3n) is 3.98. The molecule has 162 valence electrons. The highest BCUT2D eigenvalue weighted by molar-refractivity contribution is 5.94. The number of amides is 1. The number of likely N-dealkylation sites (N-methyl/N-ethyl adjacent to an activating group) is 1. The van der Waals surface area contributed by atoms with Gasteiger partial charge in [0.15, 0.2) is 11.5 Å². The van der Waals surface area contributed by atoms with E-state index in [1.165, 1.54) is 44.6 Å². The van der Waals surface area contributed by atoms with Gasteiger partial charge in [-0.15, -0.1) is 0 Å². The predicted molar refractivity (Wildman–Crippen MR) is 104 cm³/mol. The standard InChI is InChI=1S/C19H21F2N3O6/c1-23(10-12-4-6-16(30-19(20)21)17(8-12)29-3)11-18(25)22-14-9-13(24(26)27)5-7-15(14)28-2/h4-9,19H,10-11H2,1-3H3,(H,22,25). The fourth-order valence-electron chi connectivity index (χ4n) is 2.71. The molecular formula is C19H21F2N3O6. The van der Waals surface area contributed by atoms with E-state index in [0.29, 0.717) is 12.1 Å². The molecule has 0 spiro atoms. The number of hydrogen-bond donors (Lipinski definition) is 1. The lowest BCUT2D eigenvalue weighted by atomic mass is 10.2. The van der Waals surface area contributed by atoms with Gasteiger partial charge in [-0.25, -0.2) is 0 Å². The van der Waals surface area contributed by atoms with E-state index in [2.05, 4.69) is 10.1 Å². The minimum Gasteiger partial charge on any atom is -0.495 e. The van der Waals surface area contributed by atoms with Gasteiger partial charge in [-0.1, -0.05) is 6.07 Å². The first-order valence-corrected chi connectivity index (χ1v) is 8.66. The first-order valence-electron chi connectivity index (χ1n) is 8.66. The monoisotopic (exact) mass is 425 g/mol. The van der Waals surface area contributed by atoms with Crippen molar-refractivity contribution >= 4 is 17.3 Å². The predicted octanol–water partition coefficient (Wildman–Crippen LogP) is 3.28. The summed E-state index contributed by atoms with van der Waals surface area (Å²) in [5, 5.41) is 13.5. The van der Waals surface area contributed by atoms with Crippen LogP contribution >= 0.6 is 0 Å². The smallest absolute Gasteiger partial charge is 0.387 e. The topological polar surface area (TPSA) is 103 Å². The van der Waals surface area contributed by atoms with Crippen LogP contribution < -0.4 is 19.5 Å². The minimum absolute atomic E-state index is 0.0382. The van der Waals surface area contributed by atoms with E-state index in [9.17, 15) is 23.7 Å². The Balaban J connectivity index is 2.03. The van der Waals surface area contributed by atoms with Crippen molar-refractivity contribution in [1.29, 1.82) is 0 Å². The molecule has 2 rings (SSSR count). The molecule has 0 radical (unpaired) electrons. The summed E-state index contributed by atoms with van der Waals surface area (Å²) >= 11 is 0. The van der Waals surface area contributed by atoms with Crippen LogP contribution in [0.1, 0.15) is 5.56 Å². The number of alkyl halides is 2. The number of nitro benzene ring substituents is 1. The number of carbonyl (C=O) groups excluding carboxylic acids is 1. The van der Waals surface area contributed by atoms with Gasteiger partial charge < -0.3 is 19.5 Å². The highest BCUT2D eigenvalue weighted by Crippen LogP contribution is 2.30. The average molecular weight is 425 g/mol. The summed E-state index contributed by atoms with van der Waals surface area (Å²) in [7, 11) is 4.40. The van der Waals surface area contributed by atoms with Crippen molar-refractivity contribution in [2.75, 3.05) is 33.1 Å². The van der Waals surface area contributed by atoms with Crippen molar-refractivity contribution in [2.24, 2.45) is 0 Å². The van der Waals surface area contributed by atoms with Crippen molar-refractivity contribution < 1.29 is 32.7 Å². The normalized spacial score (nSPS) is 10.8. The van der Waals surface area contributed by atoms with Gasteiger partial charge in [0.25, 0.3) is 5.69 Å². The summed E-state index contributed by atoms with van der Waals surface area (Å²) in [5.74, 6) is -0.0710. The van der Waals surface area contributed by atoms with Crippen molar-refractivity contribution in [3.8, 4) is 17.2 Å². The van der Waals surface area contributed by atoms with Crippen LogP contribution in [0.15, 0.2) is 36.4 Å². The molecule has 1 N–H and O–H groups in total. The number of nitrogens with zero attached hydrogens (tertiary/aromatic N) is 2. The van der Waals surface area contributed by atoms with Gasteiger partial charge in [-0.3, -0.25) is 19.8 Å². The second kappa shape index (κ2) is 10.3. The number of halogens is 2. The van der Waals surface area contributed by atoms with Gasteiger partial charge in [0.2, 0.25) is 5.91 Å². The first-order chi connectivity index (χ1) is 14.2. The molecule has 0 fully saturated rings. The molecule has 30 heavy (non-hydrogen) atoms. The third kappa shape index (κ3) is 6.27. The summed E-state index contributed by atoms with van der Waals surface area (Å²) in [6.45, 7) is -2.70.